The molecule has 0 aliphatic rings. The van der Waals surface area contributed by atoms with E-state index in [0.29, 0.717) is 53.2 Å². The normalized spacial score (nSPS) is 11.4. The van der Waals surface area contributed by atoms with Gasteiger partial charge in [0.15, 0.2) is 11.5 Å². The molecule has 0 fully saturated rings. The Morgan fingerprint density at radius 1 is 0.852 bits per heavy atom. The number of ether oxygens (including phenoxy) is 4. The molecule has 0 aromatic heterocycles. The minimum Gasteiger partial charge on any atom is -0.489 e. The number of esters is 1. The molecular weight excluding hydrogens is 368 g/mol. The molecule has 2 aromatic rings. The number of carbonyl (C=O) groups is 1. The number of benzene rings is 2. The van der Waals surface area contributed by atoms with E-state index in [9.17, 15) is 4.79 Å². The molecule has 0 N–H and O–H groups in total. The van der Waals surface area contributed by atoms with Crippen LogP contribution in [0.4, 0.5) is 0 Å². The molecule has 5 nitrogen and oxygen atoms in total. The highest BCUT2D eigenvalue weighted by Crippen LogP contribution is 2.52. The highest BCUT2D eigenvalue weighted by atomic mass is 35.5. The third kappa shape index (κ3) is 4.59. The Morgan fingerprint density at radius 2 is 1.37 bits per heavy atom. The van der Waals surface area contributed by atoms with Crippen molar-refractivity contribution >= 4 is 28.3 Å². The van der Waals surface area contributed by atoms with Crippen molar-refractivity contribution in [1.82, 2.24) is 0 Å². The van der Waals surface area contributed by atoms with E-state index in [0.717, 1.165) is 5.39 Å². The maximum atomic E-state index is 12.6. The summed E-state index contributed by atoms with van der Waals surface area (Å²) in [7, 11) is 0. The van der Waals surface area contributed by atoms with Crippen LogP contribution in [-0.4, -0.2) is 25.8 Å². The Balaban J connectivity index is 2.86. The number of hydrogen-bond donors (Lipinski definition) is 0. The fraction of sp³-hybridized carbons (Fsp3) is 0.476. The van der Waals surface area contributed by atoms with Gasteiger partial charge in [0.25, 0.3) is 0 Å². The molecule has 2 aromatic carbocycles. The van der Waals surface area contributed by atoms with Gasteiger partial charge in [0.2, 0.25) is 11.5 Å². The van der Waals surface area contributed by atoms with Crippen molar-refractivity contribution in [2.45, 2.75) is 41.5 Å². The van der Waals surface area contributed by atoms with Crippen LogP contribution in [0.15, 0.2) is 18.2 Å². The predicted molar refractivity (Wildman–Crippen MR) is 108 cm³/mol. The second-order valence-electron chi connectivity index (χ2n) is 6.94. The molecule has 0 aliphatic carbocycles. The number of rotatable bonds is 7. The average molecular weight is 395 g/mol. The lowest BCUT2D eigenvalue weighted by Crippen LogP contribution is -2.26. The van der Waals surface area contributed by atoms with E-state index in [1.54, 1.807) is 32.9 Å². The molecular formula is C21H27ClO5. The lowest BCUT2D eigenvalue weighted by atomic mass is 9.97. The molecule has 6 heteroatoms. The van der Waals surface area contributed by atoms with Crippen LogP contribution < -0.4 is 18.9 Å². The first-order valence-corrected chi connectivity index (χ1v) is 9.52. The fourth-order valence-electron chi connectivity index (χ4n) is 2.54. The summed E-state index contributed by atoms with van der Waals surface area (Å²) in [4.78, 5) is 12.6. The molecule has 0 amide bonds. The second kappa shape index (κ2) is 8.70. The molecule has 148 valence electrons. The fourth-order valence-corrected chi connectivity index (χ4v) is 2.71. The maximum Gasteiger partial charge on any atom is 0.316 e. The van der Waals surface area contributed by atoms with Gasteiger partial charge in [-0.15, -0.1) is 0 Å². The molecule has 2 rings (SSSR count). The van der Waals surface area contributed by atoms with Crippen molar-refractivity contribution in [3.8, 4) is 23.0 Å². The topological polar surface area (TPSA) is 54.0 Å². The lowest BCUT2D eigenvalue weighted by Gasteiger charge is -2.23. The Bertz CT molecular complexity index is 824. The first kappa shape index (κ1) is 21.2. The third-order valence-electron chi connectivity index (χ3n) is 3.76. The summed E-state index contributed by atoms with van der Waals surface area (Å²) in [6, 6.07) is 5.33. The zero-order valence-corrected chi connectivity index (χ0v) is 17.5. The molecule has 0 saturated carbocycles. The molecule has 27 heavy (non-hydrogen) atoms. The largest absolute Gasteiger partial charge is 0.489 e. The Hall–Kier alpha value is -2.14. The highest BCUT2D eigenvalue weighted by Gasteiger charge is 2.30. The summed E-state index contributed by atoms with van der Waals surface area (Å²) in [6.07, 6.45) is 0. The van der Waals surface area contributed by atoms with Gasteiger partial charge in [-0.3, -0.25) is 4.79 Å². The van der Waals surface area contributed by atoms with Gasteiger partial charge < -0.3 is 18.9 Å². The van der Waals surface area contributed by atoms with Gasteiger partial charge in [-0.05, 0) is 59.7 Å². The smallest absolute Gasteiger partial charge is 0.316 e. The van der Waals surface area contributed by atoms with E-state index in [4.69, 9.17) is 30.5 Å². The molecule has 0 spiro atoms. The van der Waals surface area contributed by atoms with Crippen LogP contribution >= 0.6 is 11.6 Å². The van der Waals surface area contributed by atoms with E-state index >= 15 is 0 Å². The average Bonchev–Trinajstić information content (AvgIpc) is 2.59. The van der Waals surface area contributed by atoms with Gasteiger partial charge >= 0.3 is 5.97 Å². The van der Waals surface area contributed by atoms with Gasteiger partial charge in [0.05, 0.1) is 25.2 Å². The van der Waals surface area contributed by atoms with Crippen molar-refractivity contribution < 1.29 is 23.7 Å². The Kier molecular flexibility index (Phi) is 6.82. The first-order valence-electron chi connectivity index (χ1n) is 9.14. The maximum absolute atomic E-state index is 12.6. The summed E-state index contributed by atoms with van der Waals surface area (Å²) in [5.41, 5.74) is -0.682. The second-order valence-corrected chi connectivity index (χ2v) is 7.38. The van der Waals surface area contributed by atoms with Crippen LogP contribution in [0.2, 0.25) is 5.02 Å². The van der Waals surface area contributed by atoms with Crippen molar-refractivity contribution in [3.63, 3.8) is 0 Å². The van der Waals surface area contributed by atoms with Crippen molar-refractivity contribution in [1.29, 1.82) is 0 Å². The minimum absolute atomic E-state index is 0.293. The lowest BCUT2D eigenvalue weighted by molar-refractivity contribution is -0.143. The summed E-state index contributed by atoms with van der Waals surface area (Å²) in [6.45, 7) is 12.2. The Morgan fingerprint density at radius 3 is 1.89 bits per heavy atom. The standard InChI is InChI=1S/C21H27ClO5/c1-7-24-16-14-11-10-13(22)12-15(14)17(27-20(23)21(4,5)6)19(26-9-3)18(16)25-8-2/h10-12H,7-9H2,1-6H3. The van der Waals surface area contributed by atoms with E-state index in [-0.39, 0.29) is 5.97 Å². The Labute approximate surface area is 165 Å². The van der Waals surface area contributed by atoms with E-state index in [1.807, 2.05) is 26.8 Å². The molecule has 0 heterocycles. The minimum atomic E-state index is -0.682. The van der Waals surface area contributed by atoms with E-state index in [2.05, 4.69) is 0 Å². The van der Waals surface area contributed by atoms with E-state index < -0.39 is 5.41 Å². The predicted octanol–water partition coefficient (Wildman–Crippen LogP) is 5.64. The van der Waals surface area contributed by atoms with Gasteiger partial charge in [0, 0.05) is 15.8 Å². The molecule has 0 saturated heterocycles. The van der Waals surface area contributed by atoms with Gasteiger partial charge in [-0.1, -0.05) is 11.6 Å². The van der Waals surface area contributed by atoms with Crippen LogP contribution in [0.25, 0.3) is 10.8 Å². The summed E-state index contributed by atoms with van der Waals surface area (Å²) >= 11 is 6.22. The number of halogens is 1. The summed E-state index contributed by atoms with van der Waals surface area (Å²) in [5, 5.41) is 1.89. The number of carbonyl (C=O) groups excluding carboxylic acids is 1. The zero-order valence-electron chi connectivity index (χ0n) is 16.8. The third-order valence-corrected chi connectivity index (χ3v) is 4.00. The quantitative estimate of drug-likeness (QED) is 0.449. The summed E-state index contributed by atoms with van der Waals surface area (Å²) in [5.74, 6) is 1.23. The van der Waals surface area contributed by atoms with Crippen LogP contribution in [-0.2, 0) is 4.79 Å². The molecule has 0 aliphatic heterocycles. The monoisotopic (exact) mass is 394 g/mol. The molecule has 0 unspecified atom stereocenters. The van der Waals surface area contributed by atoms with Crippen molar-refractivity contribution in [3.05, 3.63) is 23.2 Å². The van der Waals surface area contributed by atoms with Gasteiger partial charge in [-0.2, -0.15) is 0 Å². The number of hydrogen-bond acceptors (Lipinski definition) is 5. The summed E-state index contributed by atoms with van der Waals surface area (Å²) < 4.78 is 23.4. The highest BCUT2D eigenvalue weighted by molar-refractivity contribution is 6.31. The first-order chi connectivity index (χ1) is 12.7. The molecule has 0 atom stereocenters. The van der Waals surface area contributed by atoms with Crippen LogP contribution in [0.5, 0.6) is 23.0 Å². The van der Waals surface area contributed by atoms with Crippen LogP contribution in [0, 0.1) is 5.41 Å². The van der Waals surface area contributed by atoms with Crippen LogP contribution in [0.1, 0.15) is 41.5 Å². The SMILES string of the molecule is CCOc1c(OCC)c(OC(=O)C(C)(C)C)c2cc(Cl)ccc2c1OCC. The van der Waals surface area contributed by atoms with E-state index in [1.165, 1.54) is 0 Å². The van der Waals surface area contributed by atoms with Gasteiger partial charge in [-0.25, -0.2) is 0 Å². The number of fused-ring (bicyclic) bond motifs is 1. The van der Waals surface area contributed by atoms with Crippen molar-refractivity contribution in [2.24, 2.45) is 5.41 Å². The van der Waals surface area contributed by atoms with Crippen molar-refractivity contribution in [2.75, 3.05) is 19.8 Å². The molecule has 0 radical (unpaired) electrons. The zero-order chi connectivity index (χ0) is 20.2. The molecule has 0 bridgehead atoms. The van der Waals surface area contributed by atoms with Gasteiger partial charge in [0.1, 0.15) is 0 Å². The van der Waals surface area contributed by atoms with Crippen LogP contribution in [0.3, 0.4) is 0 Å².